The van der Waals surface area contributed by atoms with Crippen LogP contribution in [-0.2, 0) is 16.6 Å². The van der Waals surface area contributed by atoms with Gasteiger partial charge in [-0.25, -0.2) is 13.4 Å². The molecule has 0 saturated heterocycles. The average Bonchev–Trinajstić information content (AvgIpc) is 2.82. The van der Waals surface area contributed by atoms with E-state index in [2.05, 4.69) is 25.9 Å². The first kappa shape index (κ1) is 13.3. The van der Waals surface area contributed by atoms with Crippen LogP contribution < -0.4 is 0 Å². The number of imidazole rings is 1. The monoisotopic (exact) mass is 329 g/mol. The van der Waals surface area contributed by atoms with Gasteiger partial charge in [-0.05, 0) is 24.3 Å². The molecular formula is C11H12BrN3O2S. The van der Waals surface area contributed by atoms with Crippen LogP contribution in [0.25, 0.3) is 0 Å². The van der Waals surface area contributed by atoms with Crippen LogP contribution in [-0.4, -0.2) is 29.7 Å². The Kier molecular flexibility index (Phi) is 3.84. The van der Waals surface area contributed by atoms with E-state index in [1.54, 1.807) is 36.7 Å². The van der Waals surface area contributed by atoms with Crippen molar-refractivity contribution in [3.8, 4) is 0 Å². The molecule has 0 spiro atoms. The van der Waals surface area contributed by atoms with Crippen molar-refractivity contribution < 1.29 is 8.42 Å². The molecule has 1 heterocycles. The van der Waals surface area contributed by atoms with Gasteiger partial charge in [0.2, 0.25) is 10.0 Å². The molecule has 1 N–H and O–H groups in total. The van der Waals surface area contributed by atoms with Gasteiger partial charge in [-0.1, -0.05) is 15.9 Å². The molecule has 0 aliphatic rings. The highest BCUT2D eigenvalue weighted by Gasteiger charge is 2.21. The van der Waals surface area contributed by atoms with Gasteiger partial charge in [0.15, 0.2) is 0 Å². The molecule has 5 nitrogen and oxygen atoms in total. The zero-order chi connectivity index (χ0) is 13.2. The quantitative estimate of drug-likeness (QED) is 0.932. The minimum Gasteiger partial charge on any atom is -0.347 e. The number of sulfonamides is 1. The lowest BCUT2D eigenvalue weighted by molar-refractivity contribution is 0.458. The van der Waals surface area contributed by atoms with E-state index in [0.29, 0.717) is 5.82 Å². The fourth-order valence-corrected chi connectivity index (χ4v) is 2.86. The van der Waals surface area contributed by atoms with Crippen LogP contribution in [0.5, 0.6) is 0 Å². The van der Waals surface area contributed by atoms with Crippen LogP contribution >= 0.6 is 15.9 Å². The Morgan fingerprint density at radius 1 is 1.33 bits per heavy atom. The van der Waals surface area contributed by atoms with E-state index in [1.807, 2.05) is 0 Å². The Morgan fingerprint density at radius 2 is 2.00 bits per heavy atom. The highest BCUT2D eigenvalue weighted by atomic mass is 79.9. The number of nitrogens with zero attached hydrogens (tertiary/aromatic N) is 2. The van der Waals surface area contributed by atoms with E-state index in [9.17, 15) is 8.42 Å². The summed E-state index contributed by atoms with van der Waals surface area (Å²) in [7, 11) is -1.95. The van der Waals surface area contributed by atoms with E-state index in [1.165, 1.54) is 11.4 Å². The Bertz CT molecular complexity index is 608. The summed E-state index contributed by atoms with van der Waals surface area (Å²) in [6.07, 6.45) is 3.25. The summed E-state index contributed by atoms with van der Waals surface area (Å²) < 4.78 is 26.6. The maximum atomic E-state index is 12.2. The lowest BCUT2D eigenvalue weighted by atomic mass is 10.4. The second-order valence-electron chi connectivity index (χ2n) is 3.75. The van der Waals surface area contributed by atoms with Gasteiger partial charge in [0.25, 0.3) is 0 Å². The molecule has 96 valence electrons. The number of aromatic amines is 1. The lowest BCUT2D eigenvalue weighted by Crippen LogP contribution is -2.26. The van der Waals surface area contributed by atoms with Crippen molar-refractivity contribution in [2.45, 2.75) is 11.4 Å². The Balaban J connectivity index is 2.22. The summed E-state index contributed by atoms with van der Waals surface area (Å²) >= 11 is 3.27. The molecule has 0 bridgehead atoms. The normalized spacial score (nSPS) is 11.9. The van der Waals surface area contributed by atoms with Gasteiger partial charge in [-0.3, -0.25) is 0 Å². The van der Waals surface area contributed by atoms with Gasteiger partial charge in [0.05, 0.1) is 11.4 Å². The summed E-state index contributed by atoms with van der Waals surface area (Å²) in [5.74, 6) is 0.609. The van der Waals surface area contributed by atoms with E-state index < -0.39 is 10.0 Å². The maximum absolute atomic E-state index is 12.2. The predicted molar refractivity (Wildman–Crippen MR) is 71.4 cm³/mol. The smallest absolute Gasteiger partial charge is 0.243 e. The van der Waals surface area contributed by atoms with Crippen LogP contribution in [0.15, 0.2) is 46.0 Å². The van der Waals surface area contributed by atoms with Crippen molar-refractivity contribution in [3.05, 3.63) is 47.0 Å². The first-order valence-corrected chi connectivity index (χ1v) is 7.43. The average molecular weight is 330 g/mol. The van der Waals surface area contributed by atoms with Crippen LogP contribution in [0.3, 0.4) is 0 Å². The third-order valence-electron chi connectivity index (χ3n) is 2.45. The number of hydrogen-bond donors (Lipinski definition) is 1. The van der Waals surface area contributed by atoms with Crippen molar-refractivity contribution in [1.29, 1.82) is 0 Å². The molecule has 0 amide bonds. The van der Waals surface area contributed by atoms with Crippen LogP contribution in [0.4, 0.5) is 0 Å². The third kappa shape index (κ3) is 2.80. The molecule has 0 saturated carbocycles. The SMILES string of the molecule is CN(Cc1ncc[nH]1)S(=O)(=O)c1ccc(Br)cc1. The van der Waals surface area contributed by atoms with Crippen LogP contribution in [0.2, 0.25) is 0 Å². The Morgan fingerprint density at radius 3 is 2.56 bits per heavy atom. The van der Waals surface area contributed by atoms with Gasteiger partial charge in [0.1, 0.15) is 5.82 Å². The molecule has 1 aromatic carbocycles. The molecule has 0 fully saturated rings. The van der Waals surface area contributed by atoms with Crippen LogP contribution in [0, 0.1) is 0 Å². The number of H-pyrrole nitrogens is 1. The fourth-order valence-electron chi connectivity index (χ4n) is 1.47. The molecule has 2 rings (SSSR count). The minimum absolute atomic E-state index is 0.214. The number of nitrogens with one attached hydrogen (secondary N) is 1. The molecule has 18 heavy (non-hydrogen) atoms. The molecule has 1 aromatic heterocycles. The molecule has 0 aliphatic heterocycles. The number of benzene rings is 1. The fraction of sp³-hybridized carbons (Fsp3) is 0.182. The summed E-state index contributed by atoms with van der Waals surface area (Å²) in [4.78, 5) is 7.15. The second kappa shape index (κ2) is 5.21. The molecule has 0 unspecified atom stereocenters. The van der Waals surface area contributed by atoms with Crippen molar-refractivity contribution in [3.63, 3.8) is 0 Å². The minimum atomic E-state index is -3.48. The van der Waals surface area contributed by atoms with Crippen molar-refractivity contribution in [2.75, 3.05) is 7.05 Å². The summed E-state index contributed by atoms with van der Waals surface area (Å²) in [6.45, 7) is 0.214. The first-order valence-electron chi connectivity index (χ1n) is 5.20. The summed E-state index contributed by atoms with van der Waals surface area (Å²) in [6, 6.07) is 6.54. The summed E-state index contributed by atoms with van der Waals surface area (Å²) in [5, 5.41) is 0. The van der Waals surface area contributed by atoms with Gasteiger partial charge in [-0.2, -0.15) is 4.31 Å². The second-order valence-corrected chi connectivity index (χ2v) is 6.71. The Labute approximate surface area is 114 Å². The lowest BCUT2D eigenvalue weighted by Gasteiger charge is -2.15. The predicted octanol–water partition coefficient (Wildman–Crippen LogP) is 1.99. The number of halogens is 1. The first-order chi connectivity index (χ1) is 8.50. The number of aromatic nitrogens is 2. The van der Waals surface area contributed by atoms with E-state index in [0.717, 1.165) is 4.47 Å². The van der Waals surface area contributed by atoms with Gasteiger partial charge in [0, 0.05) is 23.9 Å². The Hall–Kier alpha value is -1.18. The van der Waals surface area contributed by atoms with Gasteiger partial charge >= 0.3 is 0 Å². The molecule has 2 aromatic rings. The van der Waals surface area contributed by atoms with E-state index in [4.69, 9.17) is 0 Å². The van der Waals surface area contributed by atoms with Crippen molar-refractivity contribution >= 4 is 26.0 Å². The number of hydrogen-bond acceptors (Lipinski definition) is 3. The van der Waals surface area contributed by atoms with Gasteiger partial charge in [-0.15, -0.1) is 0 Å². The van der Waals surface area contributed by atoms with Gasteiger partial charge < -0.3 is 4.98 Å². The van der Waals surface area contributed by atoms with Crippen molar-refractivity contribution in [1.82, 2.24) is 14.3 Å². The molecule has 0 atom stereocenters. The van der Waals surface area contributed by atoms with E-state index >= 15 is 0 Å². The zero-order valence-corrected chi connectivity index (χ0v) is 12.1. The van der Waals surface area contributed by atoms with Crippen molar-refractivity contribution in [2.24, 2.45) is 0 Å². The molecule has 0 aliphatic carbocycles. The highest BCUT2D eigenvalue weighted by Crippen LogP contribution is 2.18. The zero-order valence-electron chi connectivity index (χ0n) is 9.67. The molecule has 7 heteroatoms. The third-order valence-corrected chi connectivity index (χ3v) is 4.80. The largest absolute Gasteiger partial charge is 0.347 e. The topological polar surface area (TPSA) is 66.1 Å². The van der Waals surface area contributed by atoms with Crippen LogP contribution in [0.1, 0.15) is 5.82 Å². The molecular weight excluding hydrogens is 318 g/mol. The number of rotatable bonds is 4. The van der Waals surface area contributed by atoms with E-state index in [-0.39, 0.29) is 11.4 Å². The molecule has 0 radical (unpaired) electrons. The summed E-state index contributed by atoms with van der Waals surface area (Å²) in [5.41, 5.74) is 0. The standard InChI is InChI=1S/C11H12BrN3O2S/c1-15(8-11-13-6-7-14-11)18(16,17)10-4-2-9(12)3-5-10/h2-7H,8H2,1H3,(H,13,14). The maximum Gasteiger partial charge on any atom is 0.243 e. The highest BCUT2D eigenvalue weighted by molar-refractivity contribution is 9.10.